The van der Waals surface area contributed by atoms with Crippen LogP contribution in [0.1, 0.15) is 25.0 Å². The number of anilines is 1. The fourth-order valence-corrected chi connectivity index (χ4v) is 2.89. The molecular formula is C25H26N2O2. The Bertz CT molecular complexity index is 946. The average Bonchev–Trinajstić information content (AvgIpc) is 2.74. The van der Waals surface area contributed by atoms with Gasteiger partial charge in [-0.25, -0.2) is 0 Å². The number of carbonyl (C=O) groups excluding carboxylic acids is 2. The fourth-order valence-electron chi connectivity index (χ4n) is 2.89. The molecular weight excluding hydrogens is 360 g/mol. The highest BCUT2D eigenvalue weighted by atomic mass is 16.2. The van der Waals surface area contributed by atoms with E-state index in [-0.39, 0.29) is 17.7 Å². The fraction of sp³-hybridized carbons (Fsp3) is 0.200. The van der Waals surface area contributed by atoms with Crippen molar-refractivity contribution in [3.63, 3.8) is 0 Å². The van der Waals surface area contributed by atoms with Crippen molar-refractivity contribution in [3.8, 4) is 11.1 Å². The Morgan fingerprint density at radius 2 is 1.34 bits per heavy atom. The lowest BCUT2D eigenvalue weighted by Crippen LogP contribution is -2.24. The molecule has 0 saturated heterocycles. The SMILES string of the molecule is CC(C)C(=O)Nc1ccc(CNC(=O)Cc2ccc(-c3ccccc3)cc2)cc1. The quantitative estimate of drug-likeness (QED) is 0.612. The Balaban J connectivity index is 1.49. The maximum atomic E-state index is 12.3. The lowest BCUT2D eigenvalue weighted by molar-refractivity contribution is -0.120. The molecule has 0 fully saturated rings. The highest BCUT2D eigenvalue weighted by molar-refractivity contribution is 5.92. The molecule has 2 amide bonds. The van der Waals surface area contributed by atoms with E-state index in [4.69, 9.17) is 0 Å². The zero-order valence-corrected chi connectivity index (χ0v) is 16.8. The van der Waals surface area contributed by atoms with Crippen molar-refractivity contribution in [1.82, 2.24) is 5.32 Å². The molecule has 2 N–H and O–H groups in total. The summed E-state index contributed by atoms with van der Waals surface area (Å²) in [5.74, 6) is -0.0882. The number of benzene rings is 3. The van der Waals surface area contributed by atoms with Gasteiger partial charge < -0.3 is 10.6 Å². The lowest BCUT2D eigenvalue weighted by Gasteiger charge is -2.09. The molecule has 0 radical (unpaired) electrons. The van der Waals surface area contributed by atoms with E-state index in [2.05, 4.69) is 22.8 Å². The van der Waals surface area contributed by atoms with Gasteiger partial charge in [0.25, 0.3) is 0 Å². The predicted octanol–water partition coefficient (Wildman–Crippen LogP) is 4.81. The van der Waals surface area contributed by atoms with Crippen LogP contribution in [0.4, 0.5) is 5.69 Å². The van der Waals surface area contributed by atoms with Crippen LogP contribution in [0.25, 0.3) is 11.1 Å². The summed E-state index contributed by atoms with van der Waals surface area (Å²) >= 11 is 0. The summed E-state index contributed by atoms with van der Waals surface area (Å²) < 4.78 is 0. The van der Waals surface area contributed by atoms with Crippen molar-refractivity contribution >= 4 is 17.5 Å². The van der Waals surface area contributed by atoms with Crippen LogP contribution in [-0.2, 0) is 22.6 Å². The molecule has 3 aromatic carbocycles. The summed E-state index contributed by atoms with van der Waals surface area (Å²) in [4.78, 5) is 24.0. The first-order chi connectivity index (χ1) is 14.0. The standard InChI is InChI=1S/C25H26N2O2/c1-18(2)25(29)27-23-14-10-20(11-15-23)17-26-24(28)16-19-8-12-22(13-9-19)21-6-4-3-5-7-21/h3-15,18H,16-17H2,1-2H3,(H,26,28)(H,27,29). The van der Waals surface area contributed by atoms with E-state index in [1.54, 1.807) is 0 Å². The molecule has 0 aliphatic rings. The molecule has 0 bridgehead atoms. The van der Waals surface area contributed by atoms with Gasteiger partial charge in [0.2, 0.25) is 11.8 Å². The summed E-state index contributed by atoms with van der Waals surface area (Å²) in [6.45, 7) is 4.17. The Hall–Kier alpha value is -3.40. The second-order valence-electron chi connectivity index (χ2n) is 7.36. The molecule has 0 saturated carbocycles. The molecule has 4 nitrogen and oxygen atoms in total. The van der Waals surface area contributed by atoms with Gasteiger partial charge in [-0.3, -0.25) is 9.59 Å². The summed E-state index contributed by atoms with van der Waals surface area (Å²) in [7, 11) is 0. The Morgan fingerprint density at radius 1 is 0.759 bits per heavy atom. The van der Waals surface area contributed by atoms with Crippen LogP contribution in [0.15, 0.2) is 78.9 Å². The van der Waals surface area contributed by atoms with Gasteiger partial charge in [0.15, 0.2) is 0 Å². The third kappa shape index (κ3) is 6.04. The van der Waals surface area contributed by atoms with E-state index in [1.807, 2.05) is 80.6 Å². The van der Waals surface area contributed by atoms with Crippen LogP contribution in [0, 0.1) is 5.92 Å². The second kappa shape index (κ2) is 9.69. The number of amides is 2. The zero-order valence-electron chi connectivity index (χ0n) is 16.8. The largest absolute Gasteiger partial charge is 0.352 e. The van der Waals surface area contributed by atoms with Crippen molar-refractivity contribution in [2.24, 2.45) is 5.92 Å². The minimum Gasteiger partial charge on any atom is -0.352 e. The van der Waals surface area contributed by atoms with Crippen LogP contribution in [0.2, 0.25) is 0 Å². The third-order valence-corrected chi connectivity index (χ3v) is 4.66. The van der Waals surface area contributed by atoms with E-state index >= 15 is 0 Å². The molecule has 0 aliphatic carbocycles. The van der Waals surface area contributed by atoms with Gasteiger partial charge in [0, 0.05) is 18.2 Å². The summed E-state index contributed by atoms with van der Waals surface area (Å²) in [5, 5.41) is 5.80. The lowest BCUT2D eigenvalue weighted by atomic mass is 10.0. The van der Waals surface area contributed by atoms with Crippen molar-refractivity contribution in [2.75, 3.05) is 5.32 Å². The van der Waals surface area contributed by atoms with Gasteiger partial charge in [-0.15, -0.1) is 0 Å². The molecule has 0 spiro atoms. The molecule has 148 valence electrons. The second-order valence-corrected chi connectivity index (χ2v) is 7.36. The van der Waals surface area contributed by atoms with E-state index in [0.717, 1.165) is 27.9 Å². The molecule has 0 heterocycles. The molecule has 4 heteroatoms. The highest BCUT2D eigenvalue weighted by Gasteiger charge is 2.07. The number of rotatable bonds is 7. The average molecular weight is 386 g/mol. The normalized spacial score (nSPS) is 10.6. The maximum Gasteiger partial charge on any atom is 0.226 e. The smallest absolute Gasteiger partial charge is 0.226 e. The first-order valence-corrected chi connectivity index (χ1v) is 9.82. The summed E-state index contributed by atoms with van der Waals surface area (Å²) in [5.41, 5.74) is 5.03. The minimum atomic E-state index is -0.0595. The third-order valence-electron chi connectivity index (χ3n) is 4.66. The van der Waals surface area contributed by atoms with Crippen LogP contribution in [0.5, 0.6) is 0 Å². The first-order valence-electron chi connectivity index (χ1n) is 9.82. The topological polar surface area (TPSA) is 58.2 Å². The van der Waals surface area contributed by atoms with Crippen LogP contribution >= 0.6 is 0 Å². The molecule has 0 atom stereocenters. The molecule has 29 heavy (non-hydrogen) atoms. The Morgan fingerprint density at radius 3 is 1.97 bits per heavy atom. The van der Waals surface area contributed by atoms with E-state index < -0.39 is 0 Å². The van der Waals surface area contributed by atoms with Gasteiger partial charge in [-0.05, 0) is 34.4 Å². The number of nitrogens with one attached hydrogen (secondary N) is 2. The van der Waals surface area contributed by atoms with Crippen LogP contribution < -0.4 is 10.6 Å². The number of hydrogen-bond acceptors (Lipinski definition) is 2. The van der Waals surface area contributed by atoms with E-state index in [9.17, 15) is 9.59 Å². The minimum absolute atomic E-state index is 0.00987. The van der Waals surface area contributed by atoms with E-state index in [1.165, 1.54) is 0 Å². The molecule has 0 aliphatic heterocycles. The maximum absolute atomic E-state index is 12.3. The molecule has 0 unspecified atom stereocenters. The predicted molar refractivity (Wildman–Crippen MR) is 117 cm³/mol. The van der Waals surface area contributed by atoms with E-state index in [0.29, 0.717) is 13.0 Å². The summed E-state index contributed by atoms with van der Waals surface area (Å²) in [6.07, 6.45) is 0.345. The monoisotopic (exact) mass is 386 g/mol. The number of hydrogen-bond donors (Lipinski definition) is 2. The van der Waals surface area contributed by atoms with Gasteiger partial charge >= 0.3 is 0 Å². The van der Waals surface area contributed by atoms with Gasteiger partial charge in [0.1, 0.15) is 0 Å². The van der Waals surface area contributed by atoms with Gasteiger partial charge in [0.05, 0.1) is 6.42 Å². The zero-order chi connectivity index (χ0) is 20.6. The van der Waals surface area contributed by atoms with Gasteiger partial charge in [-0.2, -0.15) is 0 Å². The van der Waals surface area contributed by atoms with Crippen LogP contribution in [0.3, 0.4) is 0 Å². The van der Waals surface area contributed by atoms with Crippen molar-refractivity contribution in [1.29, 1.82) is 0 Å². The number of carbonyl (C=O) groups is 2. The summed E-state index contributed by atoms with van der Waals surface area (Å²) in [6, 6.07) is 25.8. The van der Waals surface area contributed by atoms with Crippen molar-refractivity contribution in [3.05, 3.63) is 90.0 Å². The van der Waals surface area contributed by atoms with Crippen LogP contribution in [-0.4, -0.2) is 11.8 Å². The molecule has 3 rings (SSSR count). The van der Waals surface area contributed by atoms with Crippen molar-refractivity contribution in [2.45, 2.75) is 26.8 Å². The highest BCUT2D eigenvalue weighted by Crippen LogP contribution is 2.19. The van der Waals surface area contributed by atoms with Crippen molar-refractivity contribution < 1.29 is 9.59 Å². The molecule has 0 aromatic heterocycles. The molecule has 3 aromatic rings. The first kappa shape index (κ1) is 20.3. The Labute approximate surface area is 172 Å². The Kier molecular flexibility index (Phi) is 6.80. The van der Waals surface area contributed by atoms with Gasteiger partial charge in [-0.1, -0.05) is 80.6 Å².